The molecule has 1 aromatic heterocycles. The van der Waals surface area contributed by atoms with E-state index in [1.807, 2.05) is 30.3 Å². The molecule has 128 valence electrons. The Balaban J connectivity index is 1.93. The van der Waals surface area contributed by atoms with Crippen LogP contribution in [0.2, 0.25) is 0 Å². The minimum atomic E-state index is -0.130. The highest BCUT2D eigenvalue weighted by Crippen LogP contribution is 2.17. The zero-order valence-corrected chi connectivity index (χ0v) is 14.5. The maximum Gasteiger partial charge on any atom is 0.257 e. The second-order valence-electron chi connectivity index (χ2n) is 5.55. The molecular formula is C19H26N4O. The number of hydrogen-bond acceptors (Lipinski definition) is 4. The van der Waals surface area contributed by atoms with E-state index in [0.717, 1.165) is 38.3 Å². The number of carbonyl (C=O) groups excluding carboxylic acids is 1. The molecule has 5 nitrogen and oxygen atoms in total. The van der Waals surface area contributed by atoms with Gasteiger partial charge in [-0.05, 0) is 50.3 Å². The van der Waals surface area contributed by atoms with Gasteiger partial charge in [-0.3, -0.25) is 9.78 Å². The van der Waals surface area contributed by atoms with Crippen molar-refractivity contribution < 1.29 is 4.79 Å². The SMILES string of the molecule is CCN(CC)CCCNc1ccccc1C(=O)Nc1cccnc1. The topological polar surface area (TPSA) is 57.3 Å². The van der Waals surface area contributed by atoms with Crippen molar-refractivity contribution in [3.8, 4) is 0 Å². The zero-order chi connectivity index (χ0) is 17.2. The van der Waals surface area contributed by atoms with Crippen LogP contribution < -0.4 is 10.6 Å². The highest BCUT2D eigenvalue weighted by molar-refractivity contribution is 6.07. The van der Waals surface area contributed by atoms with Crippen LogP contribution in [-0.2, 0) is 0 Å². The number of aromatic nitrogens is 1. The third-order valence-corrected chi connectivity index (χ3v) is 3.95. The monoisotopic (exact) mass is 326 g/mol. The van der Waals surface area contributed by atoms with E-state index in [2.05, 4.69) is 34.4 Å². The molecule has 0 atom stereocenters. The van der Waals surface area contributed by atoms with Gasteiger partial charge in [0, 0.05) is 18.4 Å². The third kappa shape index (κ3) is 5.35. The predicted molar refractivity (Wildman–Crippen MR) is 99.5 cm³/mol. The normalized spacial score (nSPS) is 10.6. The fraction of sp³-hybridized carbons (Fsp3) is 0.368. The fourth-order valence-electron chi connectivity index (χ4n) is 2.54. The van der Waals surface area contributed by atoms with Crippen molar-refractivity contribution in [2.45, 2.75) is 20.3 Å². The summed E-state index contributed by atoms with van der Waals surface area (Å²) in [5.74, 6) is -0.130. The molecule has 0 aliphatic carbocycles. The predicted octanol–water partition coefficient (Wildman–Crippen LogP) is 3.48. The Morgan fingerprint density at radius 1 is 1.12 bits per heavy atom. The van der Waals surface area contributed by atoms with Gasteiger partial charge in [0.1, 0.15) is 0 Å². The van der Waals surface area contributed by atoms with Crippen LogP contribution in [-0.4, -0.2) is 42.0 Å². The van der Waals surface area contributed by atoms with Crippen molar-refractivity contribution in [1.82, 2.24) is 9.88 Å². The van der Waals surface area contributed by atoms with E-state index in [-0.39, 0.29) is 5.91 Å². The van der Waals surface area contributed by atoms with Crippen LogP contribution in [0.25, 0.3) is 0 Å². The van der Waals surface area contributed by atoms with Gasteiger partial charge in [0.2, 0.25) is 0 Å². The summed E-state index contributed by atoms with van der Waals surface area (Å²) in [5.41, 5.74) is 2.20. The van der Waals surface area contributed by atoms with Gasteiger partial charge in [0.15, 0.2) is 0 Å². The Hall–Kier alpha value is -2.40. The fourth-order valence-corrected chi connectivity index (χ4v) is 2.54. The van der Waals surface area contributed by atoms with Crippen LogP contribution >= 0.6 is 0 Å². The molecule has 0 aliphatic heterocycles. The lowest BCUT2D eigenvalue weighted by molar-refractivity contribution is 0.102. The van der Waals surface area contributed by atoms with Crippen LogP contribution in [0.1, 0.15) is 30.6 Å². The van der Waals surface area contributed by atoms with E-state index in [4.69, 9.17) is 0 Å². The van der Waals surface area contributed by atoms with Crippen molar-refractivity contribution in [3.63, 3.8) is 0 Å². The first kappa shape index (κ1) is 17.9. The number of rotatable bonds is 9. The van der Waals surface area contributed by atoms with Gasteiger partial charge in [-0.2, -0.15) is 0 Å². The van der Waals surface area contributed by atoms with E-state index in [0.29, 0.717) is 11.3 Å². The average molecular weight is 326 g/mol. The standard InChI is InChI=1S/C19H26N4O/c1-3-23(4-2)14-8-13-21-18-11-6-5-10-17(18)19(24)22-16-9-7-12-20-15-16/h5-7,9-12,15,21H,3-4,8,13-14H2,1-2H3,(H,22,24). The summed E-state index contributed by atoms with van der Waals surface area (Å²) in [6.07, 6.45) is 4.36. The van der Waals surface area contributed by atoms with Crippen LogP contribution in [0.3, 0.4) is 0 Å². The van der Waals surface area contributed by atoms with Gasteiger partial charge in [-0.15, -0.1) is 0 Å². The first-order chi connectivity index (χ1) is 11.7. The molecule has 0 radical (unpaired) electrons. The van der Waals surface area contributed by atoms with Crippen LogP contribution in [0.4, 0.5) is 11.4 Å². The highest BCUT2D eigenvalue weighted by Gasteiger charge is 2.11. The first-order valence-electron chi connectivity index (χ1n) is 8.51. The van der Waals surface area contributed by atoms with Gasteiger partial charge in [0.25, 0.3) is 5.91 Å². The maximum atomic E-state index is 12.5. The van der Waals surface area contributed by atoms with Gasteiger partial charge in [0.05, 0.1) is 17.4 Å². The van der Waals surface area contributed by atoms with E-state index in [1.54, 1.807) is 18.5 Å². The molecule has 1 aromatic carbocycles. The Kier molecular flexibility index (Phi) is 7.23. The molecule has 0 saturated heterocycles. The quantitative estimate of drug-likeness (QED) is 0.693. The van der Waals surface area contributed by atoms with E-state index in [1.165, 1.54) is 0 Å². The Morgan fingerprint density at radius 2 is 1.92 bits per heavy atom. The number of nitrogens with zero attached hydrogens (tertiary/aromatic N) is 2. The molecule has 2 aromatic rings. The average Bonchev–Trinajstić information content (AvgIpc) is 2.63. The number of carbonyl (C=O) groups is 1. The van der Waals surface area contributed by atoms with Crippen molar-refractivity contribution >= 4 is 17.3 Å². The van der Waals surface area contributed by atoms with Gasteiger partial charge < -0.3 is 15.5 Å². The second kappa shape index (κ2) is 9.67. The molecule has 2 rings (SSSR count). The van der Waals surface area contributed by atoms with Crippen molar-refractivity contribution in [2.75, 3.05) is 36.8 Å². The molecule has 1 heterocycles. The lowest BCUT2D eigenvalue weighted by Crippen LogP contribution is -2.25. The van der Waals surface area contributed by atoms with E-state index >= 15 is 0 Å². The lowest BCUT2D eigenvalue weighted by atomic mass is 10.1. The van der Waals surface area contributed by atoms with Crippen LogP contribution in [0.5, 0.6) is 0 Å². The molecular weight excluding hydrogens is 300 g/mol. The molecule has 1 amide bonds. The van der Waals surface area contributed by atoms with E-state index < -0.39 is 0 Å². The summed E-state index contributed by atoms with van der Waals surface area (Å²) in [7, 11) is 0. The summed E-state index contributed by atoms with van der Waals surface area (Å²) in [6.45, 7) is 8.39. The van der Waals surface area contributed by atoms with Crippen molar-refractivity contribution in [3.05, 3.63) is 54.4 Å². The number of hydrogen-bond donors (Lipinski definition) is 2. The molecule has 0 spiro atoms. The van der Waals surface area contributed by atoms with Crippen molar-refractivity contribution in [1.29, 1.82) is 0 Å². The number of amides is 1. The highest BCUT2D eigenvalue weighted by atomic mass is 16.1. The van der Waals surface area contributed by atoms with Gasteiger partial charge in [-0.25, -0.2) is 0 Å². The van der Waals surface area contributed by atoms with Gasteiger partial charge in [-0.1, -0.05) is 26.0 Å². The smallest absolute Gasteiger partial charge is 0.257 e. The molecule has 0 saturated carbocycles. The minimum Gasteiger partial charge on any atom is -0.384 e. The number of para-hydroxylation sites is 1. The third-order valence-electron chi connectivity index (χ3n) is 3.95. The second-order valence-corrected chi connectivity index (χ2v) is 5.55. The number of nitrogens with one attached hydrogen (secondary N) is 2. The molecule has 24 heavy (non-hydrogen) atoms. The first-order valence-corrected chi connectivity index (χ1v) is 8.51. The molecule has 5 heteroatoms. The molecule has 0 aliphatic rings. The molecule has 2 N–H and O–H groups in total. The van der Waals surface area contributed by atoms with Crippen molar-refractivity contribution in [2.24, 2.45) is 0 Å². The minimum absolute atomic E-state index is 0.130. The summed E-state index contributed by atoms with van der Waals surface area (Å²) >= 11 is 0. The molecule has 0 unspecified atom stereocenters. The Labute approximate surface area is 144 Å². The number of pyridine rings is 1. The maximum absolute atomic E-state index is 12.5. The van der Waals surface area contributed by atoms with Crippen LogP contribution in [0.15, 0.2) is 48.8 Å². The largest absolute Gasteiger partial charge is 0.384 e. The summed E-state index contributed by atoms with van der Waals surface area (Å²) in [5, 5.41) is 6.26. The lowest BCUT2D eigenvalue weighted by Gasteiger charge is -2.18. The summed E-state index contributed by atoms with van der Waals surface area (Å²) in [4.78, 5) is 18.9. The molecule has 0 bridgehead atoms. The number of benzene rings is 1. The van der Waals surface area contributed by atoms with Crippen LogP contribution in [0, 0.1) is 0 Å². The zero-order valence-electron chi connectivity index (χ0n) is 14.5. The Morgan fingerprint density at radius 3 is 2.62 bits per heavy atom. The Bertz CT molecular complexity index is 626. The summed E-state index contributed by atoms with van der Waals surface area (Å²) in [6, 6.07) is 11.2. The van der Waals surface area contributed by atoms with Gasteiger partial charge >= 0.3 is 0 Å². The van der Waals surface area contributed by atoms with E-state index in [9.17, 15) is 4.79 Å². The summed E-state index contributed by atoms with van der Waals surface area (Å²) < 4.78 is 0. The number of anilines is 2. The molecule has 0 fully saturated rings.